The molecule has 0 spiro atoms. The van der Waals surface area contributed by atoms with Crippen LogP contribution in [-0.2, 0) is 0 Å². The van der Waals surface area contributed by atoms with Crippen LogP contribution >= 0.6 is 0 Å². The monoisotopic (exact) mass is 297 g/mol. The molecule has 114 valence electrons. The summed E-state index contributed by atoms with van der Waals surface area (Å²) >= 11 is 0. The van der Waals surface area contributed by atoms with Crippen molar-refractivity contribution in [1.29, 1.82) is 0 Å². The van der Waals surface area contributed by atoms with Gasteiger partial charge in [-0.05, 0) is 30.7 Å². The SMILES string of the molecule is CCN(CCN)C(=O)c1cc(-c2ccnc3[nH]ccc23)c[nH]1. The number of rotatable bonds is 5. The zero-order valence-electron chi connectivity index (χ0n) is 12.5. The Morgan fingerprint density at radius 3 is 3.00 bits per heavy atom. The largest absolute Gasteiger partial charge is 0.357 e. The zero-order valence-corrected chi connectivity index (χ0v) is 12.5. The molecule has 0 saturated carbocycles. The fourth-order valence-corrected chi connectivity index (χ4v) is 2.62. The van der Waals surface area contributed by atoms with Crippen molar-refractivity contribution in [2.75, 3.05) is 19.6 Å². The second-order valence-corrected chi connectivity index (χ2v) is 5.07. The molecule has 3 rings (SSSR count). The van der Waals surface area contributed by atoms with E-state index in [9.17, 15) is 4.79 Å². The van der Waals surface area contributed by atoms with Gasteiger partial charge in [0.2, 0.25) is 0 Å². The molecule has 6 nitrogen and oxygen atoms in total. The number of aromatic nitrogens is 3. The summed E-state index contributed by atoms with van der Waals surface area (Å²) in [6, 6.07) is 5.81. The third-order valence-electron chi connectivity index (χ3n) is 3.75. The predicted octanol–water partition coefficient (Wildman–Crippen LogP) is 1.98. The molecule has 1 amide bonds. The fraction of sp³-hybridized carbons (Fsp3) is 0.250. The third-order valence-corrected chi connectivity index (χ3v) is 3.75. The molecule has 6 heteroatoms. The van der Waals surface area contributed by atoms with E-state index in [0.29, 0.717) is 25.3 Å². The Bertz CT molecular complexity index is 789. The number of carbonyl (C=O) groups excluding carboxylic acids is 1. The van der Waals surface area contributed by atoms with Crippen LogP contribution in [0.15, 0.2) is 36.8 Å². The highest BCUT2D eigenvalue weighted by atomic mass is 16.2. The number of H-pyrrole nitrogens is 2. The Balaban J connectivity index is 1.94. The van der Waals surface area contributed by atoms with Crippen molar-refractivity contribution in [3.05, 3.63) is 42.5 Å². The van der Waals surface area contributed by atoms with Gasteiger partial charge in [-0.3, -0.25) is 4.79 Å². The van der Waals surface area contributed by atoms with Gasteiger partial charge in [0, 0.05) is 49.2 Å². The maximum Gasteiger partial charge on any atom is 0.270 e. The smallest absolute Gasteiger partial charge is 0.270 e. The average Bonchev–Trinajstić information content (AvgIpc) is 3.20. The number of nitrogens with one attached hydrogen (secondary N) is 2. The summed E-state index contributed by atoms with van der Waals surface area (Å²) in [5.41, 5.74) is 8.98. The molecule has 0 atom stereocenters. The van der Waals surface area contributed by atoms with Crippen LogP contribution in [0.5, 0.6) is 0 Å². The molecule has 0 radical (unpaired) electrons. The lowest BCUT2D eigenvalue weighted by atomic mass is 10.1. The van der Waals surface area contributed by atoms with Gasteiger partial charge in [-0.1, -0.05) is 0 Å². The molecule has 22 heavy (non-hydrogen) atoms. The molecular formula is C16H19N5O. The number of fused-ring (bicyclic) bond motifs is 1. The van der Waals surface area contributed by atoms with E-state index in [4.69, 9.17) is 5.73 Å². The summed E-state index contributed by atoms with van der Waals surface area (Å²) in [5, 5.41) is 1.04. The van der Waals surface area contributed by atoms with E-state index in [1.165, 1.54) is 0 Å². The standard InChI is InChI=1S/C16H19N5O/c1-2-21(8-5-17)16(22)14-9-11(10-20-14)12-3-6-18-15-13(12)4-7-19-15/h3-4,6-7,9-10,20H,2,5,8,17H2,1H3,(H,18,19). The summed E-state index contributed by atoms with van der Waals surface area (Å²) in [4.78, 5) is 24.6. The molecule has 0 unspecified atom stereocenters. The number of carbonyl (C=O) groups is 1. The molecule has 4 N–H and O–H groups in total. The Labute approximate surface area is 128 Å². The molecule has 0 aliphatic carbocycles. The van der Waals surface area contributed by atoms with E-state index in [1.54, 1.807) is 11.1 Å². The van der Waals surface area contributed by atoms with Crippen LogP contribution in [0, 0.1) is 0 Å². The molecule has 0 aliphatic rings. The summed E-state index contributed by atoms with van der Waals surface area (Å²) in [5.74, 6) is -0.0291. The van der Waals surface area contributed by atoms with Crippen LogP contribution in [0.25, 0.3) is 22.2 Å². The maximum atomic E-state index is 12.4. The van der Waals surface area contributed by atoms with E-state index >= 15 is 0 Å². The summed E-state index contributed by atoms with van der Waals surface area (Å²) in [6.45, 7) is 3.60. The first-order chi connectivity index (χ1) is 10.7. The fourth-order valence-electron chi connectivity index (χ4n) is 2.62. The first-order valence-corrected chi connectivity index (χ1v) is 7.34. The van der Waals surface area contributed by atoms with Gasteiger partial charge in [-0.2, -0.15) is 0 Å². The first kappa shape index (κ1) is 14.3. The number of aromatic amines is 2. The zero-order chi connectivity index (χ0) is 15.5. The van der Waals surface area contributed by atoms with Crippen LogP contribution in [0.3, 0.4) is 0 Å². The predicted molar refractivity (Wildman–Crippen MR) is 86.5 cm³/mol. The average molecular weight is 297 g/mol. The molecule has 3 aromatic heterocycles. The van der Waals surface area contributed by atoms with Crippen LogP contribution in [-0.4, -0.2) is 45.4 Å². The lowest BCUT2D eigenvalue weighted by molar-refractivity contribution is 0.0764. The highest BCUT2D eigenvalue weighted by molar-refractivity contribution is 5.97. The van der Waals surface area contributed by atoms with E-state index in [2.05, 4.69) is 15.0 Å². The number of hydrogen-bond donors (Lipinski definition) is 3. The van der Waals surface area contributed by atoms with Gasteiger partial charge in [0.15, 0.2) is 0 Å². The van der Waals surface area contributed by atoms with Crippen molar-refractivity contribution in [2.45, 2.75) is 6.92 Å². The summed E-state index contributed by atoms with van der Waals surface area (Å²) in [6.07, 6.45) is 5.47. The molecule has 3 heterocycles. The lowest BCUT2D eigenvalue weighted by Crippen LogP contribution is -2.35. The van der Waals surface area contributed by atoms with Gasteiger partial charge in [0.1, 0.15) is 11.3 Å². The van der Waals surface area contributed by atoms with Gasteiger partial charge < -0.3 is 20.6 Å². The Hall–Kier alpha value is -2.60. The number of hydrogen-bond acceptors (Lipinski definition) is 3. The van der Waals surface area contributed by atoms with Gasteiger partial charge in [-0.15, -0.1) is 0 Å². The van der Waals surface area contributed by atoms with Crippen LogP contribution in [0.2, 0.25) is 0 Å². The normalized spacial score (nSPS) is 11.0. The second-order valence-electron chi connectivity index (χ2n) is 5.07. The van der Waals surface area contributed by atoms with Crippen molar-refractivity contribution in [3.8, 4) is 11.1 Å². The highest BCUT2D eigenvalue weighted by Gasteiger charge is 2.16. The maximum absolute atomic E-state index is 12.4. The minimum Gasteiger partial charge on any atom is -0.357 e. The minimum atomic E-state index is -0.0291. The molecule has 0 aromatic carbocycles. The van der Waals surface area contributed by atoms with E-state index in [0.717, 1.165) is 22.2 Å². The van der Waals surface area contributed by atoms with Gasteiger partial charge in [0.25, 0.3) is 5.91 Å². The quantitative estimate of drug-likeness (QED) is 0.672. The minimum absolute atomic E-state index is 0.0291. The van der Waals surface area contributed by atoms with Crippen LogP contribution < -0.4 is 5.73 Å². The summed E-state index contributed by atoms with van der Waals surface area (Å²) in [7, 11) is 0. The van der Waals surface area contributed by atoms with Crippen molar-refractivity contribution in [3.63, 3.8) is 0 Å². The van der Waals surface area contributed by atoms with Gasteiger partial charge in [0.05, 0.1) is 0 Å². The Morgan fingerprint density at radius 2 is 2.23 bits per heavy atom. The summed E-state index contributed by atoms with van der Waals surface area (Å²) < 4.78 is 0. The van der Waals surface area contributed by atoms with Crippen molar-refractivity contribution in [1.82, 2.24) is 19.9 Å². The van der Waals surface area contributed by atoms with E-state index in [1.807, 2.05) is 37.5 Å². The van der Waals surface area contributed by atoms with Crippen molar-refractivity contribution in [2.24, 2.45) is 5.73 Å². The number of nitrogens with two attached hydrogens (primary N) is 1. The third kappa shape index (κ3) is 2.48. The number of pyridine rings is 1. The molecule has 3 aromatic rings. The molecule has 0 bridgehead atoms. The molecule has 0 saturated heterocycles. The van der Waals surface area contributed by atoms with Crippen LogP contribution in [0.1, 0.15) is 17.4 Å². The number of likely N-dealkylation sites (N-methyl/N-ethyl adjacent to an activating group) is 1. The lowest BCUT2D eigenvalue weighted by Gasteiger charge is -2.18. The van der Waals surface area contributed by atoms with Crippen molar-refractivity contribution >= 4 is 16.9 Å². The van der Waals surface area contributed by atoms with Crippen LogP contribution in [0.4, 0.5) is 0 Å². The number of amides is 1. The van der Waals surface area contributed by atoms with Gasteiger partial charge >= 0.3 is 0 Å². The van der Waals surface area contributed by atoms with E-state index < -0.39 is 0 Å². The first-order valence-electron chi connectivity index (χ1n) is 7.34. The second kappa shape index (κ2) is 6.03. The van der Waals surface area contributed by atoms with Gasteiger partial charge in [-0.25, -0.2) is 4.98 Å². The highest BCUT2D eigenvalue weighted by Crippen LogP contribution is 2.27. The van der Waals surface area contributed by atoms with E-state index in [-0.39, 0.29) is 5.91 Å². The topological polar surface area (TPSA) is 90.8 Å². The Morgan fingerprint density at radius 1 is 1.36 bits per heavy atom. The molecule has 0 aliphatic heterocycles. The number of nitrogens with zero attached hydrogens (tertiary/aromatic N) is 2. The van der Waals surface area contributed by atoms with Crippen molar-refractivity contribution < 1.29 is 4.79 Å². The molecule has 0 fully saturated rings. The molecular weight excluding hydrogens is 278 g/mol. The Kier molecular flexibility index (Phi) is 3.93.